The number of halogens is 1. The third kappa shape index (κ3) is 2.29. The van der Waals surface area contributed by atoms with Gasteiger partial charge in [-0.2, -0.15) is 0 Å². The molecule has 1 atom stereocenters. The number of aliphatic hydroxyl groups is 1. The molecule has 0 amide bonds. The Morgan fingerprint density at radius 1 is 1.33 bits per heavy atom. The number of rotatable bonds is 2. The summed E-state index contributed by atoms with van der Waals surface area (Å²) < 4.78 is 18.3. The zero-order valence-electron chi connectivity index (χ0n) is 10.5. The van der Waals surface area contributed by atoms with E-state index in [0.29, 0.717) is 11.0 Å². The van der Waals surface area contributed by atoms with Crippen molar-refractivity contribution in [1.29, 1.82) is 0 Å². The summed E-state index contributed by atoms with van der Waals surface area (Å²) in [6.07, 6.45) is -1.15. The fraction of sp³-hybridized carbons (Fsp3) is 0.357. The average molecular weight is 250 g/mol. The van der Waals surface area contributed by atoms with E-state index in [1.807, 2.05) is 0 Å². The van der Waals surface area contributed by atoms with Crippen LogP contribution in [0.25, 0.3) is 11.0 Å². The van der Waals surface area contributed by atoms with Crippen molar-refractivity contribution < 1.29 is 18.7 Å². The normalized spacial score (nSPS) is 13.8. The fourth-order valence-corrected chi connectivity index (χ4v) is 1.66. The van der Waals surface area contributed by atoms with Gasteiger partial charge in [-0.05, 0) is 29.7 Å². The molecule has 18 heavy (non-hydrogen) atoms. The van der Waals surface area contributed by atoms with E-state index < -0.39 is 23.1 Å². The molecule has 0 spiro atoms. The Hall–Kier alpha value is -1.68. The van der Waals surface area contributed by atoms with E-state index in [4.69, 9.17) is 4.42 Å². The van der Waals surface area contributed by atoms with E-state index >= 15 is 0 Å². The van der Waals surface area contributed by atoms with Crippen LogP contribution in [0.1, 0.15) is 31.3 Å². The molecule has 96 valence electrons. The minimum Gasteiger partial charge on any atom is -0.453 e. The smallest absolute Gasteiger partial charge is 0.226 e. The standard InChI is InChI=1S/C14H15FO3/c1-14(2,3)13(17)12(16)11-7-8-6-9(15)4-5-10(8)18-11/h4-7,13,17H,1-3H3. The molecule has 3 nitrogen and oxygen atoms in total. The summed E-state index contributed by atoms with van der Waals surface area (Å²) in [5.41, 5.74) is -0.137. The van der Waals surface area contributed by atoms with Gasteiger partial charge in [0, 0.05) is 5.39 Å². The van der Waals surface area contributed by atoms with Crippen molar-refractivity contribution in [3.63, 3.8) is 0 Å². The lowest BCUT2D eigenvalue weighted by atomic mass is 9.86. The third-order valence-corrected chi connectivity index (χ3v) is 2.79. The number of furan rings is 1. The Kier molecular flexibility index (Phi) is 2.99. The van der Waals surface area contributed by atoms with Crippen molar-refractivity contribution in [2.45, 2.75) is 26.9 Å². The molecule has 1 aromatic heterocycles. The summed E-state index contributed by atoms with van der Waals surface area (Å²) in [6.45, 7) is 5.29. The van der Waals surface area contributed by atoms with Gasteiger partial charge in [-0.1, -0.05) is 20.8 Å². The van der Waals surface area contributed by atoms with Gasteiger partial charge in [0.2, 0.25) is 5.78 Å². The lowest BCUT2D eigenvalue weighted by Crippen LogP contribution is -2.33. The van der Waals surface area contributed by atoms with Gasteiger partial charge in [0.1, 0.15) is 17.5 Å². The van der Waals surface area contributed by atoms with Crippen molar-refractivity contribution in [3.05, 3.63) is 35.8 Å². The van der Waals surface area contributed by atoms with Crippen LogP contribution < -0.4 is 0 Å². The molecule has 0 bridgehead atoms. The van der Waals surface area contributed by atoms with E-state index in [1.165, 1.54) is 24.3 Å². The Morgan fingerprint density at radius 2 is 2.00 bits per heavy atom. The van der Waals surface area contributed by atoms with Crippen LogP contribution in [0.3, 0.4) is 0 Å². The fourth-order valence-electron chi connectivity index (χ4n) is 1.66. The zero-order chi connectivity index (χ0) is 13.5. The van der Waals surface area contributed by atoms with Gasteiger partial charge >= 0.3 is 0 Å². The molecule has 0 aliphatic carbocycles. The summed E-state index contributed by atoms with van der Waals surface area (Å²) in [5, 5.41) is 10.4. The SMILES string of the molecule is CC(C)(C)C(O)C(=O)c1cc2cc(F)ccc2o1. The second kappa shape index (κ2) is 4.21. The number of carbonyl (C=O) groups excluding carboxylic acids is 1. The van der Waals surface area contributed by atoms with E-state index in [2.05, 4.69) is 0 Å². The van der Waals surface area contributed by atoms with Crippen LogP contribution in [0, 0.1) is 11.2 Å². The predicted molar refractivity (Wildman–Crippen MR) is 66.0 cm³/mol. The van der Waals surface area contributed by atoms with Crippen molar-refractivity contribution >= 4 is 16.8 Å². The molecule has 1 heterocycles. The van der Waals surface area contributed by atoms with E-state index in [9.17, 15) is 14.3 Å². The first kappa shape index (κ1) is 12.8. The van der Waals surface area contributed by atoms with Crippen LogP contribution in [0.2, 0.25) is 0 Å². The largest absolute Gasteiger partial charge is 0.453 e. The highest BCUT2D eigenvalue weighted by Gasteiger charge is 2.31. The Morgan fingerprint density at radius 3 is 2.61 bits per heavy atom. The monoisotopic (exact) mass is 250 g/mol. The average Bonchev–Trinajstić information content (AvgIpc) is 2.68. The Balaban J connectivity index is 2.40. The second-order valence-electron chi connectivity index (χ2n) is 5.43. The van der Waals surface area contributed by atoms with Gasteiger partial charge in [0.25, 0.3) is 0 Å². The summed E-state index contributed by atoms with van der Waals surface area (Å²) >= 11 is 0. The number of Topliss-reactive ketones (excluding diaryl/α,β-unsaturated/α-hetero) is 1. The first-order chi connectivity index (χ1) is 8.29. The maximum atomic E-state index is 13.0. The third-order valence-electron chi connectivity index (χ3n) is 2.79. The number of hydrogen-bond donors (Lipinski definition) is 1. The van der Waals surface area contributed by atoms with Crippen molar-refractivity contribution in [1.82, 2.24) is 0 Å². The molecule has 2 rings (SSSR count). The predicted octanol–water partition coefficient (Wildman–Crippen LogP) is 3.16. The lowest BCUT2D eigenvalue weighted by Gasteiger charge is -2.23. The number of fused-ring (bicyclic) bond motifs is 1. The van der Waals surface area contributed by atoms with Gasteiger partial charge in [-0.25, -0.2) is 4.39 Å². The van der Waals surface area contributed by atoms with Crippen LogP contribution in [-0.4, -0.2) is 17.0 Å². The summed E-state index contributed by atoms with van der Waals surface area (Å²) in [6, 6.07) is 5.47. The van der Waals surface area contributed by atoms with Crippen LogP contribution >= 0.6 is 0 Å². The quantitative estimate of drug-likeness (QED) is 0.833. The topological polar surface area (TPSA) is 50.4 Å². The number of carbonyl (C=O) groups is 1. The molecule has 0 aliphatic rings. The summed E-state index contributed by atoms with van der Waals surface area (Å²) in [4.78, 5) is 12.0. The molecule has 4 heteroatoms. The minimum absolute atomic E-state index is 0.0537. The van der Waals surface area contributed by atoms with Gasteiger partial charge in [-0.15, -0.1) is 0 Å². The number of hydrogen-bond acceptors (Lipinski definition) is 3. The molecule has 0 saturated carbocycles. The molecule has 1 N–H and O–H groups in total. The maximum Gasteiger partial charge on any atom is 0.226 e. The molecular weight excluding hydrogens is 235 g/mol. The van der Waals surface area contributed by atoms with E-state index in [0.717, 1.165) is 0 Å². The number of aliphatic hydroxyl groups excluding tert-OH is 1. The molecule has 0 saturated heterocycles. The molecule has 0 radical (unpaired) electrons. The first-order valence-electron chi connectivity index (χ1n) is 5.70. The molecule has 1 unspecified atom stereocenters. The van der Waals surface area contributed by atoms with Crippen molar-refractivity contribution in [3.8, 4) is 0 Å². The molecule has 1 aromatic carbocycles. The van der Waals surface area contributed by atoms with Crippen LogP contribution in [-0.2, 0) is 0 Å². The Bertz CT molecular complexity index is 593. The zero-order valence-corrected chi connectivity index (χ0v) is 10.5. The highest BCUT2D eigenvalue weighted by Crippen LogP contribution is 2.26. The van der Waals surface area contributed by atoms with Gasteiger partial charge in [0.15, 0.2) is 5.76 Å². The van der Waals surface area contributed by atoms with Crippen LogP contribution in [0.5, 0.6) is 0 Å². The highest BCUT2D eigenvalue weighted by molar-refractivity contribution is 6.00. The molecule has 0 fully saturated rings. The van der Waals surface area contributed by atoms with E-state index in [-0.39, 0.29) is 5.76 Å². The minimum atomic E-state index is -1.15. The first-order valence-corrected chi connectivity index (χ1v) is 5.70. The van der Waals surface area contributed by atoms with Crippen LogP contribution in [0.15, 0.2) is 28.7 Å². The van der Waals surface area contributed by atoms with E-state index in [1.54, 1.807) is 20.8 Å². The maximum absolute atomic E-state index is 13.0. The van der Waals surface area contributed by atoms with Crippen molar-refractivity contribution in [2.24, 2.45) is 5.41 Å². The highest BCUT2D eigenvalue weighted by atomic mass is 19.1. The van der Waals surface area contributed by atoms with Crippen LogP contribution in [0.4, 0.5) is 4.39 Å². The number of ketones is 1. The van der Waals surface area contributed by atoms with Gasteiger partial charge in [0.05, 0.1) is 0 Å². The van der Waals surface area contributed by atoms with Crippen molar-refractivity contribution in [2.75, 3.05) is 0 Å². The summed E-state index contributed by atoms with van der Waals surface area (Å²) in [5.74, 6) is -0.823. The molecule has 0 aliphatic heterocycles. The lowest BCUT2D eigenvalue weighted by molar-refractivity contribution is 0.0418. The second-order valence-corrected chi connectivity index (χ2v) is 5.43. The Labute approximate surface area is 104 Å². The van der Waals surface area contributed by atoms with Gasteiger partial charge in [-0.3, -0.25) is 4.79 Å². The number of benzene rings is 1. The molecular formula is C14H15FO3. The molecule has 2 aromatic rings. The van der Waals surface area contributed by atoms with Gasteiger partial charge < -0.3 is 9.52 Å². The summed E-state index contributed by atoms with van der Waals surface area (Å²) in [7, 11) is 0.